The lowest BCUT2D eigenvalue weighted by Gasteiger charge is -2.35. The first kappa shape index (κ1) is 25.4. The topological polar surface area (TPSA) is 78.6 Å². The molecule has 0 amide bonds. The number of halogens is 2. The first-order valence-electron chi connectivity index (χ1n) is 10.6. The van der Waals surface area contributed by atoms with Gasteiger partial charge in [-0.3, -0.25) is 0 Å². The summed E-state index contributed by atoms with van der Waals surface area (Å²) >= 11 is 0. The molecule has 2 N–H and O–H groups in total. The smallest absolute Gasteiger partial charge is 0.232 e. The Hall–Kier alpha value is -1.91. The van der Waals surface area contributed by atoms with E-state index in [1.165, 1.54) is 0 Å². The molecule has 1 atom stereocenters. The number of piperidine rings is 1. The second-order valence-electron chi connectivity index (χ2n) is 8.85. The molecule has 7 nitrogen and oxygen atoms in total. The van der Waals surface area contributed by atoms with Crippen LogP contribution in [0.3, 0.4) is 0 Å². The Morgan fingerprint density at radius 2 is 2.13 bits per heavy atom. The van der Waals surface area contributed by atoms with Gasteiger partial charge < -0.3 is 20.1 Å². The highest BCUT2D eigenvalue weighted by Gasteiger charge is 2.24. The van der Waals surface area contributed by atoms with Gasteiger partial charge in [-0.2, -0.15) is 4.98 Å². The zero-order valence-corrected chi connectivity index (χ0v) is 21.4. The molecular weight excluding hydrogens is 510 g/mol. The number of aryl methyl sites for hydroxylation is 1. The minimum Gasteiger partial charge on any atom is -0.367 e. The van der Waals surface area contributed by atoms with E-state index in [-0.39, 0.29) is 41.3 Å². The van der Waals surface area contributed by atoms with Gasteiger partial charge in [0.25, 0.3) is 0 Å². The van der Waals surface area contributed by atoms with E-state index in [2.05, 4.69) is 30.7 Å². The lowest BCUT2D eigenvalue weighted by Crippen LogP contribution is -2.51. The molecule has 1 unspecified atom stereocenters. The third-order valence-electron chi connectivity index (χ3n) is 5.04. The SMILES string of the molecule is CCNC(=NCc1noc(C(C)(C)C)n1)NC1CCCN(c2cc(C)ccc2F)C1.I. The molecule has 2 aromatic rings. The molecule has 9 heteroatoms. The molecule has 0 bridgehead atoms. The summed E-state index contributed by atoms with van der Waals surface area (Å²) in [5.74, 6) is 1.70. The minimum atomic E-state index is -0.186. The fourth-order valence-corrected chi connectivity index (χ4v) is 3.46. The van der Waals surface area contributed by atoms with Crippen molar-refractivity contribution in [2.24, 2.45) is 4.99 Å². The lowest BCUT2D eigenvalue weighted by molar-refractivity contribution is 0.318. The second-order valence-corrected chi connectivity index (χ2v) is 8.85. The van der Waals surface area contributed by atoms with E-state index < -0.39 is 0 Å². The number of hydrogen-bond donors (Lipinski definition) is 2. The van der Waals surface area contributed by atoms with Crippen LogP contribution in [0, 0.1) is 12.7 Å². The van der Waals surface area contributed by atoms with Gasteiger partial charge in [0.2, 0.25) is 5.89 Å². The standard InChI is InChI=1S/C22H33FN6O.HI/c1-6-24-21(25-13-19-27-20(30-28-19)22(3,4)5)26-16-8-7-11-29(14-16)18-12-15(2)9-10-17(18)23;/h9-10,12,16H,6-8,11,13-14H2,1-5H3,(H2,24,25,26);1H. The van der Waals surface area contributed by atoms with Crippen molar-refractivity contribution in [1.29, 1.82) is 0 Å². The van der Waals surface area contributed by atoms with Crippen LogP contribution in [0.4, 0.5) is 10.1 Å². The Labute approximate surface area is 201 Å². The molecule has 2 heterocycles. The van der Waals surface area contributed by atoms with Gasteiger partial charge in [-0.05, 0) is 44.4 Å². The molecule has 172 valence electrons. The largest absolute Gasteiger partial charge is 0.367 e. The van der Waals surface area contributed by atoms with Gasteiger partial charge in [-0.15, -0.1) is 24.0 Å². The first-order chi connectivity index (χ1) is 14.3. The molecule has 0 saturated carbocycles. The van der Waals surface area contributed by atoms with E-state index in [1.807, 2.05) is 40.7 Å². The Morgan fingerprint density at radius 1 is 1.35 bits per heavy atom. The predicted molar refractivity (Wildman–Crippen MR) is 133 cm³/mol. The van der Waals surface area contributed by atoms with Crippen LogP contribution >= 0.6 is 24.0 Å². The summed E-state index contributed by atoms with van der Waals surface area (Å²) in [6.07, 6.45) is 2.00. The maximum atomic E-state index is 14.3. The van der Waals surface area contributed by atoms with Gasteiger partial charge in [0.15, 0.2) is 11.8 Å². The van der Waals surface area contributed by atoms with Crippen molar-refractivity contribution in [3.05, 3.63) is 41.3 Å². The summed E-state index contributed by atoms with van der Waals surface area (Å²) in [4.78, 5) is 11.2. The van der Waals surface area contributed by atoms with Crippen LogP contribution in [0.25, 0.3) is 0 Å². The number of aromatic nitrogens is 2. The molecule has 31 heavy (non-hydrogen) atoms. The average Bonchev–Trinajstić information content (AvgIpc) is 3.18. The quantitative estimate of drug-likeness (QED) is 0.335. The maximum absolute atomic E-state index is 14.3. The van der Waals surface area contributed by atoms with E-state index in [4.69, 9.17) is 4.52 Å². The van der Waals surface area contributed by atoms with Gasteiger partial charge in [0, 0.05) is 31.1 Å². The van der Waals surface area contributed by atoms with Crippen molar-refractivity contribution in [3.63, 3.8) is 0 Å². The molecule has 1 saturated heterocycles. The third kappa shape index (κ3) is 7.05. The fourth-order valence-electron chi connectivity index (χ4n) is 3.46. The van der Waals surface area contributed by atoms with Crippen LogP contribution in [-0.4, -0.2) is 41.8 Å². The van der Waals surface area contributed by atoms with Gasteiger partial charge in [-0.1, -0.05) is 32.0 Å². The van der Waals surface area contributed by atoms with Crippen LogP contribution < -0.4 is 15.5 Å². The van der Waals surface area contributed by atoms with Gasteiger partial charge in [0.05, 0.1) is 5.69 Å². The van der Waals surface area contributed by atoms with Crippen LogP contribution in [0.2, 0.25) is 0 Å². The number of guanidine groups is 1. The number of nitrogens with one attached hydrogen (secondary N) is 2. The molecule has 0 aliphatic carbocycles. The maximum Gasteiger partial charge on any atom is 0.232 e. The molecule has 0 spiro atoms. The fraction of sp³-hybridized carbons (Fsp3) is 0.591. The summed E-state index contributed by atoms with van der Waals surface area (Å²) in [5, 5.41) is 10.8. The number of hydrogen-bond acceptors (Lipinski definition) is 5. The molecule has 1 fully saturated rings. The van der Waals surface area contributed by atoms with Crippen LogP contribution in [0.15, 0.2) is 27.7 Å². The normalized spacial score (nSPS) is 17.3. The lowest BCUT2D eigenvalue weighted by atomic mass is 9.97. The summed E-state index contributed by atoms with van der Waals surface area (Å²) in [7, 11) is 0. The van der Waals surface area contributed by atoms with Crippen LogP contribution in [0.5, 0.6) is 0 Å². The van der Waals surface area contributed by atoms with Gasteiger partial charge in [-0.25, -0.2) is 9.38 Å². The van der Waals surface area contributed by atoms with E-state index in [0.29, 0.717) is 29.9 Å². The molecule has 0 radical (unpaired) electrons. The highest BCUT2D eigenvalue weighted by Crippen LogP contribution is 2.24. The number of aliphatic imine (C=N–C) groups is 1. The summed E-state index contributed by atoms with van der Waals surface area (Å²) < 4.78 is 19.7. The van der Waals surface area contributed by atoms with E-state index in [0.717, 1.165) is 38.0 Å². The van der Waals surface area contributed by atoms with Crippen molar-refractivity contribution in [2.45, 2.75) is 65.5 Å². The van der Waals surface area contributed by atoms with E-state index in [1.54, 1.807) is 12.1 Å². The van der Waals surface area contributed by atoms with Crippen LogP contribution in [-0.2, 0) is 12.0 Å². The third-order valence-corrected chi connectivity index (χ3v) is 5.04. The Balaban J connectivity index is 0.00000341. The summed E-state index contributed by atoms with van der Waals surface area (Å²) in [5.41, 5.74) is 1.55. The number of benzene rings is 1. The Bertz CT molecular complexity index is 879. The van der Waals surface area contributed by atoms with Crippen molar-refractivity contribution in [1.82, 2.24) is 20.8 Å². The van der Waals surface area contributed by atoms with E-state index >= 15 is 0 Å². The predicted octanol–water partition coefficient (Wildman–Crippen LogP) is 4.16. The van der Waals surface area contributed by atoms with Crippen molar-refractivity contribution in [3.8, 4) is 0 Å². The first-order valence-corrected chi connectivity index (χ1v) is 10.6. The molecule has 3 rings (SSSR count). The summed E-state index contributed by atoms with van der Waals surface area (Å²) in [6, 6.07) is 5.44. The molecule has 1 aromatic carbocycles. The molecule has 1 aromatic heterocycles. The van der Waals surface area contributed by atoms with Crippen molar-refractivity contribution >= 4 is 35.6 Å². The van der Waals surface area contributed by atoms with Crippen LogP contribution in [0.1, 0.15) is 57.8 Å². The highest BCUT2D eigenvalue weighted by atomic mass is 127. The minimum absolute atomic E-state index is 0. The number of rotatable bonds is 5. The van der Waals surface area contributed by atoms with Gasteiger partial charge >= 0.3 is 0 Å². The van der Waals surface area contributed by atoms with Crippen molar-refractivity contribution < 1.29 is 8.91 Å². The molecular formula is C22H34FIN6O. The zero-order valence-electron chi connectivity index (χ0n) is 19.0. The average molecular weight is 544 g/mol. The van der Waals surface area contributed by atoms with E-state index in [9.17, 15) is 4.39 Å². The Kier molecular flexibility index (Phi) is 9.08. The Morgan fingerprint density at radius 3 is 2.81 bits per heavy atom. The van der Waals surface area contributed by atoms with Gasteiger partial charge in [0.1, 0.15) is 12.4 Å². The summed E-state index contributed by atoms with van der Waals surface area (Å²) in [6.45, 7) is 12.8. The number of nitrogens with zero attached hydrogens (tertiary/aromatic N) is 4. The van der Waals surface area contributed by atoms with Crippen molar-refractivity contribution in [2.75, 3.05) is 24.5 Å². The molecule has 1 aliphatic rings. The number of anilines is 1. The monoisotopic (exact) mass is 544 g/mol. The highest BCUT2D eigenvalue weighted by molar-refractivity contribution is 14.0. The molecule has 1 aliphatic heterocycles. The second kappa shape index (κ2) is 11.1. The zero-order chi connectivity index (χ0) is 21.7.